The van der Waals surface area contributed by atoms with Crippen LogP contribution >= 0.6 is 11.6 Å². The number of carbonyl (C=O) groups is 1. The molecular weight excluding hydrogens is 432 g/mol. The lowest BCUT2D eigenvalue weighted by molar-refractivity contribution is 0.172. The van der Waals surface area contributed by atoms with Gasteiger partial charge < -0.3 is 29.6 Å². The summed E-state index contributed by atoms with van der Waals surface area (Å²) < 4.78 is 11.2. The zero-order valence-corrected chi connectivity index (χ0v) is 18.7. The van der Waals surface area contributed by atoms with Crippen LogP contribution in [0.1, 0.15) is 5.56 Å². The minimum Gasteiger partial charge on any atom is -0.486 e. The highest BCUT2D eigenvalue weighted by Gasteiger charge is 2.18. The highest BCUT2D eigenvalue weighted by molar-refractivity contribution is 6.30. The molecule has 2 amide bonds. The van der Waals surface area contributed by atoms with Crippen molar-refractivity contribution in [1.29, 1.82) is 0 Å². The summed E-state index contributed by atoms with van der Waals surface area (Å²) in [6, 6.07) is 12.0. The molecule has 0 spiro atoms. The first kappa shape index (κ1) is 22.0. The number of amides is 2. The fraction of sp³-hybridized carbons (Fsp3) is 0.304. The summed E-state index contributed by atoms with van der Waals surface area (Å²) in [5.74, 6) is 1.26. The van der Waals surface area contributed by atoms with Gasteiger partial charge >= 0.3 is 6.03 Å². The molecule has 0 unspecified atom stereocenters. The summed E-state index contributed by atoms with van der Waals surface area (Å²) in [6.45, 7) is 2.20. The molecule has 0 saturated heterocycles. The molecule has 32 heavy (non-hydrogen) atoms. The molecule has 3 aromatic rings. The lowest BCUT2D eigenvalue weighted by Crippen LogP contribution is -2.40. The Morgan fingerprint density at radius 1 is 1.09 bits per heavy atom. The standard InChI is InChI=1S/C23H25ClN4O4/c1-27(2)6-7-28(23(30)25-18-5-3-4-17(24)12-18)14-16-10-15-11-20-21(32-9-8-31-20)13-19(15)26-22(16)29/h3-5,10-13H,6-9,14H2,1-2H3,(H,25,30)(H,26,29). The highest BCUT2D eigenvalue weighted by atomic mass is 35.5. The molecule has 0 radical (unpaired) electrons. The first-order chi connectivity index (χ1) is 15.4. The molecule has 1 aliphatic heterocycles. The molecule has 0 bridgehead atoms. The molecule has 8 nitrogen and oxygen atoms in total. The van der Waals surface area contributed by atoms with Gasteiger partial charge in [-0.05, 0) is 44.4 Å². The van der Waals surface area contributed by atoms with E-state index in [0.29, 0.717) is 59.6 Å². The summed E-state index contributed by atoms with van der Waals surface area (Å²) in [4.78, 5) is 32.3. The van der Waals surface area contributed by atoms with E-state index in [2.05, 4.69) is 10.3 Å². The quantitative estimate of drug-likeness (QED) is 0.592. The number of anilines is 1. The van der Waals surface area contributed by atoms with Gasteiger partial charge in [-0.2, -0.15) is 0 Å². The first-order valence-corrected chi connectivity index (χ1v) is 10.7. The maximum absolute atomic E-state index is 13.0. The van der Waals surface area contributed by atoms with E-state index in [1.165, 1.54) is 0 Å². The van der Waals surface area contributed by atoms with Crippen LogP contribution in [-0.4, -0.2) is 61.2 Å². The van der Waals surface area contributed by atoms with Crippen LogP contribution in [0.25, 0.3) is 10.9 Å². The van der Waals surface area contributed by atoms with Crippen molar-refractivity contribution in [2.75, 3.05) is 45.7 Å². The van der Waals surface area contributed by atoms with Crippen LogP contribution in [0.2, 0.25) is 5.02 Å². The van der Waals surface area contributed by atoms with Crippen molar-refractivity contribution in [3.05, 3.63) is 63.4 Å². The number of halogens is 1. The van der Waals surface area contributed by atoms with Crippen LogP contribution in [0.15, 0.2) is 47.3 Å². The number of pyridine rings is 1. The number of fused-ring (bicyclic) bond motifs is 2. The smallest absolute Gasteiger partial charge is 0.322 e. The molecule has 168 valence electrons. The highest BCUT2D eigenvalue weighted by Crippen LogP contribution is 2.33. The third-order valence-corrected chi connectivity index (χ3v) is 5.36. The number of ether oxygens (including phenoxy) is 2. The summed E-state index contributed by atoms with van der Waals surface area (Å²) in [5.41, 5.74) is 1.48. The number of nitrogens with one attached hydrogen (secondary N) is 2. The van der Waals surface area contributed by atoms with Gasteiger partial charge in [-0.1, -0.05) is 17.7 Å². The lowest BCUT2D eigenvalue weighted by atomic mass is 10.1. The van der Waals surface area contributed by atoms with Crippen molar-refractivity contribution in [1.82, 2.24) is 14.8 Å². The monoisotopic (exact) mass is 456 g/mol. The van der Waals surface area contributed by atoms with Crippen LogP contribution in [-0.2, 0) is 6.54 Å². The Morgan fingerprint density at radius 3 is 2.56 bits per heavy atom. The molecule has 0 saturated carbocycles. The zero-order valence-electron chi connectivity index (χ0n) is 18.0. The van der Waals surface area contributed by atoms with Crippen molar-refractivity contribution in [3.63, 3.8) is 0 Å². The average molecular weight is 457 g/mol. The van der Waals surface area contributed by atoms with Gasteiger partial charge in [-0.3, -0.25) is 4.79 Å². The Labute approximate surface area is 190 Å². The predicted octanol–water partition coefficient (Wildman–Crippen LogP) is 3.55. The summed E-state index contributed by atoms with van der Waals surface area (Å²) in [6.07, 6.45) is 0. The number of urea groups is 1. The molecule has 2 heterocycles. The van der Waals surface area contributed by atoms with Crippen LogP contribution in [0.5, 0.6) is 11.5 Å². The second kappa shape index (κ2) is 9.50. The van der Waals surface area contributed by atoms with Crippen molar-refractivity contribution < 1.29 is 14.3 Å². The van der Waals surface area contributed by atoms with E-state index in [4.69, 9.17) is 21.1 Å². The minimum absolute atomic E-state index is 0.153. The number of carbonyl (C=O) groups excluding carboxylic acids is 1. The Balaban J connectivity index is 1.60. The van der Waals surface area contributed by atoms with E-state index in [-0.39, 0.29) is 18.1 Å². The van der Waals surface area contributed by atoms with Crippen molar-refractivity contribution in [3.8, 4) is 11.5 Å². The van der Waals surface area contributed by atoms with Gasteiger partial charge in [-0.25, -0.2) is 4.79 Å². The molecule has 9 heteroatoms. The maximum Gasteiger partial charge on any atom is 0.322 e. The Bertz CT molecular complexity index is 1190. The van der Waals surface area contributed by atoms with E-state index in [1.807, 2.05) is 25.1 Å². The molecule has 1 aliphatic rings. The maximum atomic E-state index is 13.0. The van der Waals surface area contributed by atoms with Crippen molar-refractivity contribution in [2.24, 2.45) is 0 Å². The van der Waals surface area contributed by atoms with E-state index >= 15 is 0 Å². The van der Waals surface area contributed by atoms with Crippen LogP contribution < -0.4 is 20.3 Å². The zero-order chi connectivity index (χ0) is 22.7. The number of benzene rings is 2. The van der Waals surface area contributed by atoms with Gasteiger partial charge in [0.05, 0.1) is 12.1 Å². The molecule has 0 fully saturated rings. The lowest BCUT2D eigenvalue weighted by Gasteiger charge is -2.25. The van der Waals surface area contributed by atoms with Gasteiger partial charge in [0.2, 0.25) is 0 Å². The largest absolute Gasteiger partial charge is 0.486 e. The number of aromatic nitrogens is 1. The van der Waals surface area contributed by atoms with Gasteiger partial charge in [0.25, 0.3) is 5.56 Å². The van der Waals surface area contributed by atoms with E-state index in [0.717, 1.165) is 5.39 Å². The molecular formula is C23H25ClN4O4. The molecule has 2 aromatic carbocycles. The second-order valence-corrected chi connectivity index (χ2v) is 8.31. The van der Waals surface area contributed by atoms with Crippen molar-refractivity contribution in [2.45, 2.75) is 6.54 Å². The number of rotatable bonds is 6. The number of hydrogen-bond acceptors (Lipinski definition) is 5. The Kier molecular flexibility index (Phi) is 6.53. The number of hydrogen-bond donors (Lipinski definition) is 2. The number of H-pyrrole nitrogens is 1. The Morgan fingerprint density at radius 2 is 1.84 bits per heavy atom. The number of likely N-dealkylation sites (N-methyl/N-ethyl adjacent to an activating group) is 1. The second-order valence-electron chi connectivity index (χ2n) is 7.87. The van der Waals surface area contributed by atoms with Crippen LogP contribution in [0.4, 0.5) is 10.5 Å². The summed E-state index contributed by atoms with van der Waals surface area (Å²) in [7, 11) is 3.86. The average Bonchev–Trinajstić information content (AvgIpc) is 2.75. The molecule has 4 rings (SSSR count). The molecule has 0 aliphatic carbocycles. The minimum atomic E-state index is -0.309. The third-order valence-electron chi connectivity index (χ3n) is 5.13. The van der Waals surface area contributed by atoms with Crippen LogP contribution in [0, 0.1) is 0 Å². The summed E-state index contributed by atoms with van der Waals surface area (Å²) >= 11 is 6.03. The number of nitrogens with zero attached hydrogens (tertiary/aromatic N) is 2. The van der Waals surface area contributed by atoms with E-state index in [1.54, 1.807) is 41.3 Å². The van der Waals surface area contributed by atoms with Gasteiger partial charge in [-0.15, -0.1) is 0 Å². The topological polar surface area (TPSA) is 86.9 Å². The number of aromatic amines is 1. The van der Waals surface area contributed by atoms with Gasteiger partial charge in [0.1, 0.15) is 13.2 Å². The predicted molar refractivity (Wildman–Crippen MR) is 125 cm³/mol. The molecule has 1 aromatic heterocycles. The van der Waals surface area contributed by atoms with Crippen molar-refractivity contribution >= 4 is 34.2 Å². The van der Waals surface area contributed by atoms with Gasteiger partial charge in [0.15, 0.2) is 11.5 Å². The fourth-order valence-corrected chi connectivity index (χ4v) is 3.64. The van der Waals surface area contributed by atoms with E-state index in [9.17, 15) is 9.59 Å². The first-order valence-electron chi connectivity index (χ1n) is 10.3. The Hall–Kier alpha value is -3.23. The molecule has 2 N–H and O–H groups in total. The SMILES string of the molecule is CN(C)CCN(Cc1cc2cc3c(cc2[nH]c1=O)OCCO3)C(=O)Nc1cccc(Cl)c1. The molecule has 0 atom stereocenters. The van der Waals surface area contributed by atoms with Crippen LogP contribution in [0.3, 0.4) is 0 Å². The summed E-state index contributed by atoms with van der Waals surface area (Å²) in [5, 5.41) is 4.20. The third kappa shape index (κ3) is 5.15. The van der Waals surface area contributed by atoms with Gasteiger partial charge in [0, 0.05) is 40.8 Å². The fourth-order valence-electron chi connectivity index (χ4n) is 3.45. The normalized spacial score (nSPS) is 12.8. The van der Waals surface area contributed by atoms with E-state index < -0.39 is 0 Å².